The van der Waals surface area contributed by atoms with E-state index in [2.05, 4.69) is 53.4 Å². The van der Waals surface area contributed by atoms with E-state index in [9.17, 15) is 0 Å². The molecule has 0 bridgehead atoms. The van der Waals surface area contributed by atoms with Crippen molar-refractivity contribution in [3.63, 3.8) is 0 Å². The fraction of sp³-hybridized carbons (Fsp3) is 0.909. The second-order valence-electron chi connectivity index (χ2n) is 5.19. The molecule has 0 radical (unpaired) electrons. The largest absolute Gasteiger partial charge is 0.355 e. The molecule has 0 aromatic heterocycles. The maximum absolute atomic E-state index is 8.08. The molecular formula is C11H24N2. The fourth-order valence-electron chi connectivity index (χ4n) is 1.50. The van der Waals surface area contributed by atoms with Gasteiger partial charge in [-0.3, -0.25) is 5.41 Å². The highest BCUT2D eigenvalue weighted by molar-refractivity contribution is 5.84. The van der Waals surface area contributed by atoms with Crippen LogP contribution in [0.15, 0.2) is 0 Å². The van der Waals surface area contributed by atoms with E-state index in [0.717, 1.165) is 5.84 Å². The molecule has 78 valence electrons. The maximum Gasteiger partial charge on any atom is 0.102 e. The maximum atomic E-state index is 8.08. The summed E-state index contributed by atoms with van der Waals surface area (Å²) < 4.78 is 0. The minimum absolute atomic E-state index is 0.0471. The highest BCUT2D eigenvalue weighted by Crippen LogP contribution is 2.21. The van der Waals surface area contributed by atoms with Gasteiger partial charge in [0, 0.05) is 17.5 Å². The van der Waals surface area contributed by atoms with Gasteiger partial charge in [0.15, 0.2) is 0 Å². The Morgan fingerprint density at radius 1 is 1.00 bits per heavy atom. The van der Waals surface area contributed by atoms with Crippen molar-refractivity contribution in [2.45, 2.75) is 60.5 Å². The summed E-state index contributed by atoms with van der Waals surface area (Å²) in [6.07, 6.45) is 0. The van der Waals surface area contributed by atoms with Crippen LogP contribution in [0.3, 0.4) is 0 Å². The average molecular weight is 184 g/mol. The van der Waals surface area contributed by atoms with E-state index in [4.69, 9.17) is 5.41 Å². The SMILES string of the molecule is CC(C)N(C(=N)C(C)(C)C)C(C)C. The van der Waals surface area contributed by atoms with Gasteiger partial charge in [0.1, 0.15) is 5.84 Å². The standard InChI is InChI=1S/C11H24N2/c1-8(2)13(9(3)4)10(12)11(5,6)7/h8-9,12H,1-7H3. The van der Waals surface area contributed by atoms with Crippen molar-refractivity contribution in [2.24, 2.45) is 5.41 Å². The molecule has 0 rings (SSSR count). The number of nitrogens with one attached hydrogen (secondary N) is 1. The molecule has 0 aliphatic rings. The first-order valence-corrected chi connectivity index (χ1v) is 5.05. The molecule has 0 saturated heterocycles. The minimum Gasteiger partial charge on any atom is -0.355 e. The van der Waals surface area contributed by atoms with Crippen LogP contribution in [0.2, 0.25) is 0 Å². The molecule has 0 heterocycles. The van der Waals surface area contributed by atoms with Crippen LogP contribution in [0.1, 0.15) is 48.5 Å². The second-order valence-corrected chi connectivity index (χ2v) is 5.19. The molecule has 0 unspecified atom stereocenters. The average Bonchev–Trinajstić information content (AvgIpc) is 1.82. The van der Waals surface area contributed by atoms with E-state index >= 15 is 0 Å². The molecule has 0 aromatic rings. The summed E-state index contributed by atoms with van der Waals surface area (Å²) in [5, 5.41) is 8.08. The number of amidine groups is 1. The van der Waals surface area contributed by atoms with Crippen LogP contribution in [0.25, 0.3) is 0 Å². The van der Waals surface area contributed by atoms with Crippen LogP contribution in [-0.2, 0) is 0 Å². The highest BCUT2D eigenvalue weighted by atomic mass is 15.2. The minimum atomic E-state index is -0.0471. The lowest BCUT2D eigenvalue weighted by atomic mass is 9.92. The van der Waals surface area contributed by atoms with E-state index in [0.29, 0.717) is 12.1 Å². The Morgan fingerprint density at radius 3 is 1.38 bits per heavy atom. The summed E-state index contributed by atoms with van der Waals surface area (Å²) in [7, 11) is 0. The van der Waals surface area contributed by atoms with Gasteiger partial charge in [-0.05, 0) is 27.7 Å². The van der Waals surface area contributed by atoms with Crippen molar-refractivity contribution in [2.75, 3.05) is 0 Å². The van der Waals surface area contributed by atoms with Crippen molar-refractivity contribution in [1.29, 1.82) is 5.41 Å². The highest BCUT2D eigenvalue weighted by Gasteiger charge is 2.26. The van der Waals surface area contributed by atoms with Gasteiger partial charge in [0.05, 0.1) is 0 Å². The van der Waals surface area contributed by atoms with Gasteiger partial charge in [-0.25, -0.2) is 0 Å². The molecule has 0 amide bonds. The van der Waals surface area contributed by atoms with Crippen LogP contribution in [0.5, 0.6) is 0 Å². The van der Waals surface area contributed by atoms with E-state index in [-0.39, 0.29) is 5.41 Å². The lowest BCUT2D eigenvalue weighted by Gasteiger charge is -2.38. The topological polar surface area (TPSA) is 27.1 Å². The molecule has 1 N–H and O–H groups in total. The predicted molar refractivity (Wildman–Crippen MR) is 59.3 cm³/mol. The first kappa shape index (κ1) is 12.5. The van der Waals surface area contributed by atoms with Crippen LogP contribution in [-0.4, -0.2) is 22.8 Å². The zero-order valence-electron chi connectivity index (χ0n) is 10.1. The molecule has 2 heteroatoms. The summed E-state index contributed by atoms with van der Waals surface area (Å²) in [5.41, 5.74) is -0.0471. The second kappa shape index (κ2) is 4.12. The fourth-order valence-corrected chi connectivity index (χ4v) is 1.50. The van der Waals surface area contributed by atoms with Gasteiger partial charge >= 0.3 is 0 Å². The van der Waals surface area contributed by atoms with Crippen LogP contribution in [0.4, 0.5) is 0 Å². The van der Waals surface area contributed by atoms with Gasteiger partial charge in [0.25, 0.3) is 0 Å². The van der Waals surface area contributed by atoms with Crippen molar-refractivity contribution in [1.82, 2.24) is 4.90 Å². The number of rotatable bonds is 2. The molecule has 0 saturated carbocycles. The van der Waals surface area contributed by atoms with Crippen LogP contribution in [0, 0.1) is 10.8 Å². The summed E-state index contributed by atoms with van der Waals surface area (Å²) in [5.74, 6) is 0.734. The molecule has 0 aliphatic carbocycles. The molecule has 0 spiro atoms. The Hall–Kier alpha value is -0.530. The molecule has 0 atom stereocenters. The Balaban J connectivity index is 4.68. The monoisotopic (exact) mass is 184 g/mol. The smallest absolute Gasteiger partial charge is 0.102 e. The first-order valence-electron chi connectivity index (χ1n) is 5.05. The van der Waals surface area contributed by atoms with Crippen LogP contribution >= 0.6 is 0 Å². The van der Waals surface area contributed by atoms with Gasteiger partial charge in [-0.15, -0.1) is 0 Å². The molecule has 0 fully saturated rings. The molecule has 2 nitrogen and oxygen atoms in total. The predicted octanol–water partition coefficient (Wildman–Crippen LogP) is 3.13. The number of nitrogens with zero attached hydrogens (tertiary/aromatic N) is 1. The molecule has 0 aliphatic heterocycles. The third kappa shape index (κ3) is 3.37. The summed E-state index contributed by atoms with van der Waals surface area (Å²) >= 11 is 0. The Kier molecular flexibility index (Phi) is 3.95. The van der Waals surface area contributed by atoms with Crippen molar-refractivity contribution in [3.8, 4) is 0 Å². The molecule has 13 heavy (non-hydrogen) atoms. The molecule has 0 aromatic carbocycles. The lowest BCUT2D eigenvalue weighted by Crippen LogP contribution is -2.47. The van der Waals surface area contributed by atoms with Gasteiger partial charge in [-0.2, -0.15) is 0 Å². The van der Waals surface area contributed by atoms with E-state index in [1.807, 2.05) is 0 Å². The summed E-state index contributed by atoms with van der Waals surface area (Å²) in [6, 6.07) is 0.818. The van der Waals surface area contributed by atoms with E-state index in [1.165, 1.54) is 0 Å². The third-order valence-electron chi connectivity index (χ3n) is 2.08. The van der Waals surface area contributed by atoms with Crippen molar-refractivity contribution in [3.05, 3.63) is 0 Å². The Bertz CT molecular complexity index is 167. The Morgan fingerprint density at radius 2 is 1.31 bits per heavy atom. The summed E-state index contributed by atoms with van der Waals surface area (Å²) in [4.78, 5) is 2.17. The zero-order valence-corrected chi connectivity index (χ0v) is 10.1. The normalized spacial score (nSPS) is 12.4. The Labute approximate surface area is 82.8 Å². The number of hydrogen-bond acceptors (Lipinski definition) is 1. The zero-order chi connectivity index (χ0) is 10.8. The van der Waals surface area contributed by atoms with Gasteiger partial charge in [-0.1, -0.05) is 20.8 Å². The third-order valence-corrected chi connectivity index (χ3v) is 2.08. The van der Waals surface area contributed by atoms with Crippen molar-refractivity contribution >= 4 is 5.84 Å². The number of hydrogen-bond donors (Lipinski definition) is 1. The van der Waals surface area contributed by atoms with Crippen LogP contribution < -0.4 is 0 Å². The van der Waals surface area contributed by atoms with E-state index < -0.39 is 0 Å². The first-order chi connectivity index (χ1) is 5.68. The van der Waals surface area contributed by atoms with E-state index in [1.54, 1.807) is 0 Å². The summed E-state index contributed by atoms with van der Waals surface area (Å²) in [6.45, 7) is 14.8. The van der Waals surface area contributed by atoms with Gasteiger partial charge in [0.2, 0.25) is 0 Å². The molecular weight excluding hydrogens is 160 g/mol. The van der Waals surface area contributed by atoms with Crippen molar-refractivity contribution < 1.29 is 0 Å². The quantitative estimate of drug-likeness (QED) is 0.518. The lowest BCUT2D eigenvalue weighted by molar-refractivity contribution is 0.262. The van der Waals surface area contributed by atoms with Gasteiger partial charge < -0.3 is 4.90 Å².